The second-order valence-corrected chi connectivity index (χ2v) is 11.0. The van der Waals surface area contributed by atoms with E-state index in [1.165, 1.54) is 12.1 Å². The first-order valence-corrected chi connectivity index (χ1v) is 13.8. The van der Waals surface area contributed by atoms with Crippen LogP contribution in [0, 0.1) is 23.6 Å². The highest BCUT2D eigenvalue weighted by Crippen LogP contribution is 2.46. The van der Waals surface area contributed by atoms with E-state index in [2.05, 4.69) is 17.0 Å². The Bertz CT molecular complexity index is 1420. The molecule has 3 fully saturated rings. The summed E-state index contributed by atoms with van der Waals surface area (Å²) in [7, 11) is 0. The second kappa shape index (κ2) is 10.3. The van der Waals surface area contributed by atoms with Gasteiger partial charge in [-0.3, -0.25) is 9.59 Å². The van der Waals surface area contributed by atoms with Crippen molar-refractivity contribution in [3.63, 3.8) is 0 Å². The predicted octanol–water partition coefficient (Wildman–Crippen LogP) is 5.91. The molecule has 0 radical (unpaired) electrons. The molecule has 200 valence electrons. The van der Waals surface area contributed by atoms with E-state index >= 15 is 0 Å². The first-order valence-electron chi connectivity index (χ1n) is 13.8. The second-order valence-electron chi connectivity index (χ2n) is 11.0. The van der Waals surface area contributed by atoms with Gasteiger partial charge in [-0.1, -0.05) is 49.8 Å². The molecular formula is C32H33FN4O2. The SMILES string of the molecule is C=Cc1c(/C=C(\C)N2C(=O)[C@@H](CC3CC3)[C@H](NC(=O)C3CC3)[C@H]2c2ccccc2)cnn1-c1ccc(F)cc1. The summed E-state index contributed by atoms with van der Waals surface area (Å²) in [6.45, 7) is 5.92. The van der Waals surface area contributed by atoms with Crippen LogP contribution in [0.2, 0.25) is 0 Å². The standard InChI is InChI=1S/C32H33FN4O2/c1-3-28-24(19-34-37(28)26-15-13-25(33)14-16-26)17-20(2)36-30(22-7-5-4-6-8-22)29(35-31(38)23-11-12-23)27(32(36)39)18-21-9-10-21/h3-8,13-17,19,21,23,27,29-30H,1,9-12,18H2,2H3,(H,35,38)/b20-17+/t27-,29-,30+/m0/s1. The van der Waals surface area contributed by atoms with E-state index in [1.807, 2.05) is 48.2 Å². The maximum absolute atomic E-state index is 14.1. The van der Waals surface area contributed by atoms with Crippen LogP contribution in [0.25, 0.3) is 17.8 Å². The smallest absolute Gasteiger partial charge is 0.232 e. The Kier molecular flexibility index (Phi) is 6.67. The molecule has 0 spiro atoms. The number of hydrogen-bond acceptors (Lipinski definition) is 3. The van der Waals surface area contributed by atoms with E-state index in [0.29, 0.717) is 5.92 Å². The zero-order chi connectivity index (χ0) is 27.1. The number of nitrogens with one attached hydrogen (secondary N) is 1. The van der Waals surface area contributed by atoms with E-state index < -0.39 is 0 Å². The van der Waals surface area contributed by atoms with Gasteiger partial charge in [-0.25, -0.2) is 9.07 Å². The van der Waals surface area contributed by atoms with Gasteiger partial charge >= 0.3 is 0 Å². The molecule has 1 aliphatic heterocycles. The number of hydrogen-bond donors (Lipinski definition) is 1. The molecule has 0 bridgehead atoms. The number of rotatable bonds is 9. The monoisotopic (exact) mass is 524 g/mol. The topological polar surface area (TPSA) is 67.2 Å². The van der Waals surface area contributed by atoms with E-state index in [0.717, 1.165) is 60.3 Å². The van der Waals surface area contributed by atoms with E-state index in [9.17, 15) is 14.0 Å². The molecule has 7 heteroatoms. The van der Waals surface area contributed by atoms with Gasteiger partial charge in [0.2, 0.25) is 11.8 Å². The maximum atomic E-state index is 14.1. The van der Waals surface area contributed by atoms with Crippen molar-refractivity contribution in [1.82, 2.24) is 20.0 Å². The molecule has 2 heterocycles. The van der Waals surface area contributed by atoms with Gasteiger partial charge in [0.25, 0.3) is 0 Å². The van der Waals surface area contributed by atoms with Crippen LogP contribution in [-0.4, -0.2) is 32.5 Å². The number of benzene rings is 2. The molecule has 3 aromatic rings. The maximum Gasteiger partial charge on any atom is 0.232 e. The van der Waals surface area contributed by atoms with Crippen LogP contribution in [0.1, 0.15) is 61.9 Å². The summed E-state index contributed by atoms with van der Waals surface area (Å²) in [5.74, 6) is 0.141. The fraction of sp³-hybridized carbons (Fsp3) is 0.344. The van der Waals surface area contributed by atoms with Crippen molar-refractivity contribution in [2.45, 2.75) is 51.1 Å². The van der Waals surface area contributed by atoms with Crippen molar-refractivity contribution in [3.8, 4) is 5.69 Å². The fourth-order valence-electron chi connectivity index (χ4n) is 5.79. The third-order valence-corrected chi connectivity index (χ3v) is 8.13. The molecular weight excluding hydrogens is 491 g/mol. The molecule has 0 unspecified atom stereocenters. The van der Waals surface area contributed by atoms with Crippen molar-refractivity contribution in [3.05, 3.63) is 95.7 Å². The third kappa shape index (κ3) is 5.05. The quantitative estimate of drug-likeness (QED) is 0.378. The predicted molar refractivity (Wildman–Crippen MR) is 149 cm³/mol. The van der Waals surface area contributed by atoms with Gasteiger partial charge in [0.15, 0.2) is 0 Å². The number of nitrogens with zero attached hydrogens (tertiary/aromatic N) is 3. The number of carbonyl (C=O) groups is 2. The Labute approximate surface area is 228 Å². The highest BCUT2D eigenvalue weighted by molar-refractivity contribution is 5.88. The minimum atomic E-state index is -0.314. The molecule has 6 nitrogen and oxygen atoms in total. The van der Waals surface area contributed by atoms with Gasteiger partial charge in [0, 0.05) is 17.2 Å². The highest BCUT2D eigenvalue weighted by Gasteiger charge is 2.51. The Morgan fingerprint density at radius 2 is 1.82 bits per heavy atom. The van der Waals surface area contributed by atoms with Crippen molar-refractivity contribution in [2.24, 2.45) is 17.8 Å². The van der Waals surface area contributed by atoms with Crippen molar-refractivity contribution in [1.29, 1.82) is 0 Å². The van der Waals surface area contributed by atoms with Crippen LogP contribution in [0.3, 0.4) is 0 Å². The summed E-state index contributed by atoms with van der Waals surface area (Å²) in [4.78, 5) is 29.0. The Balaban J connectivity index is 1.39. The van der Waals surface area contributed by atoms with Crippen LogP contribution in [0.15, 0.2) is 73.1 Å². The molecule has 2 aromatic carbocycles. The first kappa shape index (κ1) is 25.3. The van der Waals surface area contributed by atoms with Crippen molar-refractivity contribution >= 4 is 24.0 Å². The van der Waals surface area contributed by atoms with Gasteiger partial charge in [-0.2, -0.15) is 5.10 Å². The number of aromatic nitrogens is 2. The molecule has 1 saturated heterocycles. The lowest BCUT2D eigenvalue weighted by Gasteiger charge is -2.30. The summed E-state index contributed by atoms with van der Waals surface area (Å²) in [6, 6.07) is 15.5. The van der Waals surface area contributed by atoms with Gasteiger partial charge in [-0.15, -0.1) is 0 Å². The lowest BCUT2D eigenvalue weighted by Crippen LogP contribution is -2.43. The number of likely N-dealkylation sites (tertiary alicyclic amines) is 1. The molecule has 3 atom stereocenters. The molecule has 1 aromatic heterocycles. The van der Waals surface area contributed by atoms with E-state index in [-0.39, 0.29) is 41.6 Å². The summed E-state index contributed by atoms with van der Waals surface area (Å²) in [5, 5.41) is 7.84. The Hall–Kier alpha value is -4.00. The number of allylic oxidation sites excluding steroid dienone is 1. The van der Waals surface area contributed by atoms with Crippen molar-refractivity contribution < 1.29 is 14.0 Å². The summed E-state index contributed by atoms with van der Waals surface area (Å²) in [6.07, 6.45) is 10.3. The largest absolute Gasteiger partial charge is 0.350 e. The highest BCUT2D eigenvalue weighted by atomic mass is 19.1. The average molecular weight is 525 g/mol. The van der Waals surface area contributed by atoms with Crippen LogP contribution in [-0.2, 0) is 9.59 Å². The molecule has 2 aliphatic carbocycles. The number of carbonyl (C=O) groups excluding carboxylic acids is 2. The van der Waals surface area contributed by atoms with Gasteiger partial charge in [-0.05, 0) is 74.1 Å². The van der Waals surface area contributed by atoms with Crippen LogP contribution in [0.4, 0.5) is 4.39 Å². The fourth-order valence-corrected chi connectivity index (χ4v) is 5.79. The molecule has 2 amide bonds. The molecule has 2 saturated carbocycles. The van der Waals surface area contributed by atoms with E-state index in [4.69, 9.17) is 0 Å². The van der Waals surface area contributed by atoms with E-state index in [1.54, 1.807) is 29.1 Å². The molecule has 1 N–H and O–H groups in total. The third-order valence-electron chi connectivity index (χ3n) is 8.13. The summed E-state index contributed by atoms with van der Waals surface area (Å²) < 4.78 is 15.2. The minimum absolute atomic E-state index is 0.0525. The zero-order valence-electron chi connectivity index (χ0n) is 22.1. The lowest BCUT2D eigenvalue weighted by atomic mass is 9.89. The van der Waals surface area contributed by atoms with Crippen molar-refractivity contribution in [2.75, 3.05) is 0 Å². The van der Waals surface area contributed by atoms with Gasteiger partial charge in [0.05, 0.1) is 35.6 Å². The number of amides is 2. The van der Waals surface area contributed by atoms with Gasteiger partial charge in [0.1, 0.15) is 5.82 Å². The molecule has 3 aliphatic rings. The Morgan fingerprint density at radius 3 is 2.46 bits per heavy atom. The molecule has 6 rings (SSSR count). The minimum Gasteiger partial charge on any atom is -0.350 e. The van der Waals surface area contributed by atoms with Crippen LogP contribution >= 0.6 is 0 Å². The lowest BCUT2D eigenvalue weighted by molar-refractivity contribution is -0.130. The van der Waals surface area contributed by atoms with Gasteiger partial charge < -0.3 is 10.2 Å². The molecule has 39 heavy (non-hydrogen) atoms. The average Bonchev–Trinajstić information content (AvgIpc) is 3.87. The summed E-state index contributed by atoms with van der Waals surface area (Å²) in [5.41, 5.74) is 4.05. The summed E-state index contributed by atoms with van der Waals surface area (Å²) >= 11 is 0. The number of halogens is 1. The van der Waals surface area contributed by atoms with Crippen LogP contribution < -0.4 is 5.32 Å². The Morgan fingerprint density at radius 1 is 1.10 bits per heavy atom. The first-order chi connectivity index (χ1) is 18.9. The normalized spacial score (nSPS) is 23.2. The zero-order valence-corrected chi connectivity index (χ0v) is 22.1. The van der Waals surface area contributed by atoms with Crippen LogP contribution in [0.5, 0.6) is 0 Å².